The summed E-state index contributed by atoms with van der Waals surface area (Å²) in [7, 11) is 0. The van der Waals surface area contributed by atoms with Gasteiger partial charge in [0.15, 0.2) is 5.65 Å². The Kier molecular flexibility index (Phi) is 4.27. The summed E-state index contributed by atoms with van der Waals surface area (Å²) < 4.78 is 2.06. The smallest absolute Gasteiger partial charge is 0.231 e. The first-order valence-corrected chi connectivity index (χ1v) is 8.04. The van der Waals surface area contributed by atoms with Gasteiger partial charge in [0.2, 0.25) is 11.9 Å². The van der Waals surface area contributed by atoms with Crippen LogP contribution in [0, 0.1) is 12.8 Å². The fourth-order valence-electron chi connectivity index (χ4n) is 3.05. The quantitative estimate of drug-likeness (QED) is 0.935. The normalized spacial score (nSPS) is 18.6. The van der Waals surface area contributed by atoms with E-state index >= 15 is 0 Å². The second-order valence-corrected chi connectivity index (χ2v) is 5.94. The van der Waals surface area contributed by atoms with Gasteiger partial charge in [-0.1, -0.05) is 13.0 Å². The molecule has 22 heavy (non-hydrogen) atoms. The zero-order chi connectivity index (χ0) is 15.5. The van der Waals surface area contributed by atoms with E-state index in [2.05, 4.69) is 44.7 Å². The Balaban J connectivity index is 1.80. The van der Waals surface area contributed by atoms with Crippen molar-refractivity contribution in [3.05, 3.63) is 23.9 Å². The molecule has 1 N–H and O–H groups in total. The van der Waals surface area contributed by atoms with Crippen LogP contribution in [0.2, 0.25) is 0 Å². The number of nitrogens with one attached hydrogen (secondary N) is 1. The van der Waals surface area contributed by atoms with Gasteiger partial charge in [-0.25, -0.2) is 0 Å². The third kappa shape index (κ3) is 2.77. The summed E-state index contributed by atoms with van der Waals surface area (Å²) in [6.45, 7) is 6.51. The molecule has 0 saturated carbocycles. The second kappa shape index (κ2) is 6.34. The SMILES string of the molecule is CCCNC(=O)C1CCCN(c2nnc3cccc(C)n23)C1. The summed E-state index contributed by atoms with van der Waals surface area (Å²) >= 11 is 0. The van der Waals surface area contributed by atoms with E-state index in [1.807, 2.05) is 12.1 Å². The molecule has 0 radical (unpaired) electrons. The van der Waals surface area contributed by atoms with Crippen molar-refractivity contribution in [1.82, 2.24) is 19.9 Å². The van der Waals surface area contributed by atoms with Gasteiger partial charge in [-0.05, 0) is 38.3 Å². The number of nitrogens with zero attached hydrogens (tertiary/aromatic N) is 4. The van der Waals surface area contributed by atoms with Crippen molar-refractivity contribution in [1.29, 1.82) is 0 Å². The van der Waals surface area contributed by atoms with Gasteiger partial charge in [-0.2, -0.15) is 0 Å². The number of fused-ring (bicyclic) bond motifs is 1. The number of rotatable bonds is 4. The molecule has 2 aromatic heterocycles. The van der Waals surface area contributed by atoms with E-state index in [4.69, 9.17) is 0 Å². The zero-order valence-electron chi connectivity index (χ0n) is 13.2. The molecule has 1 atom stereocenters. The number of aromatic nitrogens is 3. The molecule has 1 aliphatic rings. The van der Waals surface area contributed by atoms with Crippen molar-refractivity contribution in [2.75, 3.05) is 24.5 Å². The van der Waals surface area contributed by atoms with Crippen molar-refractivity contribution in [2.24, 2.45) is 5.92 Å². The third-order valence-electron chi connectivity index (χ3n) is 4.23. The fraction of sp³-hybridized carbons (Fsp3) is 0.562. The highest BCUT2D eigenvalue weighted by molar-refractivity contribution is 5.79. The Morgan fingerprint density at radius 2 is 2.27 bits per heavy atom. The predicted octanol–water partition coefficient (Wildman–Crippen LogP) is 1.78. The van der Waals surface area contributed by atoms with E-state index in [1.165, 1.54) is 0 Å². The van der Waals surface area contributed by atoms with Gasteiger partial charge in [0.05, 0.1) is 5.92 Å². The molecule has 1 unspecified atom stereocenters. The van der Waals surface area contributed by atoms with Crippen LogP contribution in [0.4, 0.5) is 5.95 Å². The maximum absolute atomic E-state index is 12.2. The molecule has 1 aliphatic heterocycles. The number of anilines is 1. The lowest BCUT2D eigenvalue weighted by atomic mass is 9.97. The van der Waals surface area contributed by atoms with Crippen LogP contribution in [0.15, 0.2) is 18.2 Å². The maximum Gasteiger partial charge on any atom is 0.231 e. The topological polar surface area (TPSA) is 62.5 Å². The monoisotopic (exact) mass is 301 g/mol. The molecule has 2 aromatic rings. The molecular weight excluding hydrogens is 278 g/mol. The number of pyridine rings is 1. The summed E-state index contributed by atoms with van der Waals surface area (Å²) in [5.41, 5.74) is 1.96. The molecule has 1 amide bonds. The number of aryl methyl sites for hydroxylation is 1. The molecule has 6 nitrogen and oxygen atoms in total. The molecule has 0 aromatic carbocycles. The van der Waals surface area contributed by atoms with Crippen LogP contribution in [0.1, 0.15) is 31.9 Å². The second-order valence-electron chi connectivity index (χ2n) is 5.94. The molecule has 3 heterocycles. The number of amides is 1. The van der Waals surface area contributed by atoms with E-state index in [9.17, 15) is 4.79 Å². The molecular formula is C16H23N5O. The van der Waals surface area contributed by atoms with E-state index in [-0.39, 0.29) is 11.8 Å². The van der Waals surface area contributed by atoms with Gasteiger partial charge in [0.1, 0.15) is 0 Å². The Hall–Kier alpha value is -2.11. The van der Waals surface area contributed by atoms with Gasteiger partial charge < -0.3 is 10.2 Å². The summed E-state index contributed by atoms with van der Waals surface area (Å²) in [5, 5.41) is 11.6. The molecule has 118 valence electrons. The van der Waals surface area contributed by atoms with Gasteiger partial charge in [-0.15, -0.1) is 10.2 Å². The third-order valence-corrected chi connectivity index (χ3v) is 4.23. The predicted molar refractivity (Wildman–Crippen MR) is 86.0 cm³/mol. The lowest BCUT2D eigenvalue weighted by Gasteiger charge is -2.32. The minimum Gasteiger partial charge on any atom is -0.356 e. The van der Waals surface area contributed by atoms with E-state index in [0.29, 0.717) is 6.54 Å². The Labute approximate surface area is 130 Å². The van der Waals surface area contributed by atoms with Crippen molar-refractivity contribution < 1.29 is 4.79 Å². The van der Waals surface area contributed by atoms with Crippen LogP contribution < -0.4 is 10.2 Å². The van der Waals surface area contributed by atoms with Gasteiger partial charge >= 0.3 is 0 Å². The van der Waals surface area contributed by atoms with Crippen molar-refractivity contribution in [2.45, 2.75) is 33.1 Å². The minimum atomic E-state index is 0.0386. The maximum atomic E-state index is 12.2. The number of carbonyl (C=O) groups excluding carboxylic acids is 1. The van der Waals surface area contributed by atoms with Crippen LogP contribution in [0.3, 0.4) is 0 Å². The first-order chi connectivity index (χ1) is 10.7. The first-order valence-electron chi connectivity index (χ1n) is 8.04. The Morgan fingerprint density at radius 3 is 3.09 bits per heavy atom. The van der Waals surface area contributed by atoms with Crippen molar-refractivity contribution in [3.63, 3.8) is 0 Å². The van der Waals surface area contributed by atoms with Crippen molar-refractivity contribution >= 4 is 17.5 Å². The minimum absolute atomic E-state index is 0.0386. The molecule has 0 aliphatic carbocycles. The van der Waals surface area contributed by atoms with Gasteiger partial charge in [0.25, 0.3) is 0 Å². The standard InChI is InChI=1S/C16H23N5O/c1-3-9-17-15(22)13-7-5-10-20(11-13)16-19-18-14-8-4-6-12(2)21(14)16/h4,6,8,13H,3,5,7,9-11H2,1-2H3,(H,17,22). The summed E-state index contributed by atoms with van der Waals surface area (Å²) in [6.07, 6.45) is 2.92. The lowest BCUT2D eigenvalue weighted by Crippen LogP contribution is -2.44. The van der Waals surface area contributed by atoms with E-state index in [1.54, 1.807) is 0 Å². The largest absolute Gasteiger partial charge is 0.356 e. The molecule has 6 heteroatoms. The first kappa shape index (κ1) is 14.8. The molecule has 3 rings (SSSR count). The highest BCUT2D eigenvalue weighted by Crippen LogP contribution is 2.23. The van der Waals surface area contributed by atoms with Crippen LogP contribution >= 0.6 is 0 Å². The zero-order valence-corrected chi connectivity index (χ0v) is 13.2. The summed E-state index contributed by atoms with van der Waals surface area (Å²) in [5.74, 6) is 1.05. The average Bonchev–Trinajstić information content (AvgIpc) is 2.98. The fourth-order valence-corrected chi connectivity index (χ4v) is 3.05. The Bertz CT molecular complexity index is 666. The number of carbonyl (C=O) groups is 1. The van der Waals surface area contributed by atoms with Crippen molar-refractivity contribution in [3.8, 4) is 0 Å². The highest BCUT2D eigenvalue weighted by atomic mass is 16.1. The lowest BCUT2D eigenvalue weighted by molar-refractivity contribution is -0.125. The molecule has 1 fully saturated rings. The van der Waals surface area contributed by atoms with E-state index < -0.39 is 0 Å². The molecule has 0 bridgehead atoms. The number of piperidine rings is 1. The van der Waals surface area contributed by atoms with Gasteiger partial charge in [-0.3, -0.25) is 9.20 Å². The van der Waals surface area contributed by atoms with Crippen LogP contribution in [-0.4, -0.2) is 40.1 Å². The summed E-state index contributed by atoms with van der Waals surface area (Å²) in [4.78, 5) is 14.4. The number of hydrogen-bond acceptors (Lipinski definition) is 4. The molecule has 1 saturated heterocycles. The highest BCUT2D eigenvalue weighted by Gasteiger charge is 2.28. The van der Waals surface area contributed by atoms with E-state index in [0.717, 1.165) is 49.6 Å². The molecule has 0 spiro atoms. The Morgan fingerprint density at radius 1 is 1.41 bits per heavy atom. The average molecular weight is 301 g/mol. The van der Waals surface area contributed by atoms with Crippen LogP contribution in [-0.2, 0) is 4.79 Å². The van der Waals surface area contributed by atoms with Gasteiger partial charge in [0, 0.05) is 25.3 Å². The van der Waals surface area contributed by atoms with Crippen LogP contribution in [0.25, 0.3) is 5.65 Å². The summed E-state index contributed by atoms with van der Waals surface area (Å²) in [6, 6.07) is 5.99. The van der Waals surface area contributed by atoms with Crippen LogP contribution in [0.5, 0.6) is 0 Å². The number of hydrogen-bond donors (Lipinski definition) is 1.